The second-order valence-corrected chi connectivity index (χ2v) is 10.6. The first kappa shape index (κ1) is 35.7. The van der Waals surface area contributed by atoms with E-state index in [1.54, 1.807) is 48.5 Å². The Hall–Kier alpha value is -3.47. The van der Waals surface area contributed by atoms with Crippen molar-refractivity contribution in [1.82, 2.24) is 15.2 Å². The van der Waals surface area contributed by atoms with Gasteiger partial charge in [0.2, 0.25) is 0 Å². The van der Waals surface area contributed by atoms with Gasteiger partial charge >= 0.3 is 6.16 Å². The Labute approximate surface area is 261 Å². The van der Waals surface area contributed by atoms with Gasteiger partial charge in [-0.05, 0) is 63.2 Å². The number of pyridine rings is 1. The monoisotopic (exact) mass is 639 g/mol. The summed E-state index contributed by atoms with van der Waals surface area (Å²) in [4.78, 5) is 28.5. The largest absolute Gasteiger partial charge is 0.503 e. The van der Waals surface area contributed by atoms with Crippen LogP contribution in [0.5, 0.6) is 5.75 Å². The number of alkyl halides is 2. The lowest BCUT2D eigenvalue weighted by atomic mass is 9.94. The van der Waals surface area contributed by atoms with E-state index in [1.165, 1.54) is 12.5 Å². The van der Waals surface area contributed by atoms with Gasteiger partial charge in [-0.2, -0.15) is 0 Å². The highest BCUT2D eigenvalue weighted by Gasteiger charge is 2.22. The second-order valence-electron chi connectivity index (χ2n) is 10.2. The Morgan fingerprint density at radius 3 is 2.37 bits per heavy atom. The molecule has 0 radical (unpaired) electrons. The van der Waals surface area contributed by atoms with Gasteiger partial charge in [-0.15, -0.1) is 12.4 Å². The summed E-state index contributed by atoms with van der Waals surface area (Å²) in [6, 6.07) is 15.0. The standard InChI is InChI=1S/C30H34ClF2N3O2.CH2O3.ClH/c1-36(2)17-8-18-38-27-19-20(13-15-25(27)31)28-23(22-11-6-7-12-24(22)29(32)33)14-16-26(35-28)30(37)34-21-9-4-3-5-10-21;2-1(3)4;/h6-7,11-16,19,21,29H,3-5,8-10,17-18H2,1-2H3,(H,34,37);(H2,2,3,4);1H. The van der Waals surface area contributed by atoms with Crippen molar-refractivity contribution < 1.29 is 33.3 Å². The van der Waals surface area contributed by atoms with Crippen molar-refractivity contribution in [2.45, 2.75) is 51.0 Å². The summed E-state index contributed by atoms with van der Waals surface area (Å²) < 4.78 is 33.8. The van der Waals surface area contributed by atoms with Gasteiger partial charge in [-0.1, -0.05) is 61.2 Å². The van der Waals surface area contributed by atoms with Crippen LogP contribution in [0.4, 0.5) is 13.6 Å². The van der Waals surface area contributed by atoms with Crippen molar-refractivity contribution >= 4 is 36.1 Å². The first-order valence-corrected chi connectivity index (χ1v) is 14.1. The molecule has 3 N–H and O–H groups in total. The van der Waals surface area contributed by atoms with E-state index < -0.39 is 12.6 Å². The minimum absolute atomic E-state index is 0. The third kappa shape index (κ3) is 10.9. The van der Waals surface area contributed by atoms with Crippen LogP contribution in [0.25, 0.3) is 22.4 Å². The number of carbonyl (C=O) groups excluding carboxylic acids is 1. The molecule has 1 amide bonds. The maximum Gasteiger partial charge on any atom is 0.503 e. The number of nitrogens with zero attached hydrogens (tertiary/aromatic N) is 2. The number of amides is 1. The number of rotatable bonds is 10. The fourth-order valence-electron chi connectivity index (χ4n) is 4.79. The number of carboxylic acid groups (broad SMARTS) is 2. The predicted molar refractivity (Wildman–Crippen MR) is 166 cm³/mol. The molecule has 43 heavy (non-hydrogen) atoms. The van der Waals surface area contributed by atoms with Gasteiger partial charge in [0.05, 0.1) is 17.3 Å². The average molecular weight is 641 g/mol. The topological polar surface area (TPSA) is 112 Å². The lowest BCUT2D eigenvalue weighted by molar-refractivity contribution is 0.0922. The van der Waals surface area contributed by atoms with E-state index in [1.807, 2.05) is 14.1 Å². The SMILES string of the molecule is CN(C)CCCOc1cc(-c2nc(C(=O)NC3CCCCC3)ccc2-c2ccccc2C(F)F)ccc1Cl.Cl.O=C(O)O. The van der Waals surface area contributed by atoms with E-state index in [4.69, 9.17) is 36.3 Å². The van der Waals surface area contributed by atoms with Gasteiger partial charge in [0, 0.05) is 29.3 Å². The molecule has 0 bridgehead atoms. The lowest BCUT2D eigenvalue weighted by Crippen LogP contribution is -2.36. The number of hydrogen-bond acceptors (Lipinski definition) is 5. The molecule has 1 fully saturated rings. The van der Waals surface area contributed by atoms with E-state index in [2.05, 4.69) is 10.2 Å². The molecule has 0 atom stereocenters. The van der Waals surface area contributed by atoms with Crippen molar-refractivity contribution in [3.8, 4) is 28.1 Å². The molecule has 12 heteroatoms. The molecule has 0 unspecified atom stereocenters. The lowest BCUT2D eigenvalue weighted by Gasteiger charge is -2.23. The fourth-order valence-corrected chi connectivity index (χ4v) is 4.96. The summed E-state index contributed by atoms with van der Waals surface area (Å²) in [5.74, 6) is 0.218. The quantitative estimate of drug-likeness (QED) is 0.192. The van der Waals surface area contributed by atoms with Gasteiger partial charge < -0.3 is 25.2 Å². The minimum atomic E-state index is -2.66. The van der Waals surface area contributed by atoms with E-state index in [0.717, 1.165) is 38.6 Å². The molecule has 0 saturated heterocycles. The fraction of sp³-hybridized carbons (Fsp3) is 0.387. The van der Waals surface area contributed by atoms with Crippen LogP contribution in [0, 0.1) is 0 Å². The highest BCUT2D eigenvalue weighted by molar-refractivity contribution is 6.32. The number of nitrogens with one attached hydrogen (secondary N) is 1. The summed E-state index contributed by atoms with van der Waals surface area (Å²) in [5, 5.41) is 17.5. The average Bonchev–Trinajstić information content (AvgIpc) is 2.96. The molecule has 1 heterocycles. The van der Waals surface area contributed by atoms with Gasteiger partial charge in [0.1, 0.15) is 11.4 Å². The number of halogens is 4. The number of aromatic nitrogens is 1. The number of ether oxygens (including phenoxy) is 1. The Balaban J connectivity index is 0.00000121. The summed E-state index contributed by atoms with van der Waals surface area (Å²) in [7, 11) is 3.99. The van der Waals surface area contributed by atoms with Crippen molar-refractivity contribution in [1.29, 1.82) is 0 Å². The molecule has 0 aliphatic heterocycles. The van der Waals surface area contributed by atoms with Crippen LogP contribution in [0.15, 0.2) is 54.6 Å². The van der Waals surface area contributed by atoms with Gasteiger partial charge in [-0.25, -0.2) is 18.6 Å². The molecule has 2 aromatic carbocycles. The van der Waals surface area contributed by atoms with Gasteiger partial charge in [0.25, 0.3) is 12.3 Å². The molecule has 3 aromatic rings. The van der Waals surface area contributed by atoms with E-state index in [0.29, 0.717) is 39.8 Å². The van der Waals surface area contributed by atoms with E-state index in [-0.39, 0.29) is 35.6 Å². The molecule has 4 rings (SSSR count). The van der Waals surface area contributed by atoms with E-state index >= 15 is 0 Å². The molecule has 1 aliphatic carbocycles. The Kier molecular flexibility index (Phi) is 14.6. The molecular weight excluding hydrogens is 603 g/mol. The van der Waals surface area contributed by atoms with Crippen LogP contribution in [-0.2, 0) is 0 Å². The zero-order chi connectivity index (χ0) is 30.6. The number of benzene rings is 2. The van der Waals surface area contributed by atoms with Crippen LogP contribution < -0.4 is 10.1 Å². The van der Waals surface area contributed by atoms with Crippen LogP contribution in [0.2, 0.25) is 5.02 Å². The van der Waals surface area contributed by atoms with Gasteiger partial charge in [0.15, 0.2) is 0 Å². The number of hydrogen-bond donors (Lipinski definition) is 3. The Morgan fingerprint density at radius 1 is 1.05 bits per heavy atom. The Morgan fingerprint density at radius 2 is 1.72 bits per heavy atom. The molecular formula is C31H37Cl2F2N3O5. The van der Waals surface area contributed by atoms with Crippen molar-refractivity contribution in [3.05, 3.63) is 70.9 Å². The molecule has 1 aromatic heterocycles. The zero-order valence-electron chi connectivity index (χ0n) is 24.1. The number of carbonyl (C=O) groups is 2. The first-order chi connectivity index (χ1) is 20.1. The van der Waals surface area contributed by atoms with Crippen molar-refractivity contribution in [3.63, 3.8) is 0 Å². The van der Waals surface area contributed by atoms with E-state index in [9.17, 15) is 13.6 Å². The second kappa shape index (κ2) is 17.6. The van der Waals surface area contributed by atoms with Crippen LogP contribution in [-0.4, -0.2) is 65.4 Å². The van der Waals surface area contributed by atoms with Crippen LogP contribution in [0.1, 0.15) is 61.0 Å². The maximum atomic E-state index is 13.9. The van der Waals surface area contributed by atoms with Gasteiger partial charge in [-0.3, -0.25) is 4.79 Å². The molecule has 0 spiro atoms. The highest BCUT2D eigenvalue weighted by atomic mass is 35.5. The summed E-state index contributed by atoms with van der Waals surface area (Å²) in [6.45, 7) is 1.34. The highest BCUT2D eigenvalue weighted by Crippen LogP contribution is 2.39. The zero-order valence-corrected chi connectivity index (χ0v) is 25.6. The molecule has 1 aliphatic rings. The maximum absolute atomic E-state index is 13.9. The third-order valence-corrected chi connectivity index (χ3v) is 7.08. The normalized spacial score (nSPS) is 13.1. The smallest absolute Gasteiger partial charge is 0.492 e. The third-order valence-electron chi connectivity index (χ3n) is 6.77. The van der Waals surface area contributed by atoms with Crippen molar-refractivity contribution in [2.24, 2.45) is 0 Å². The molecule has 8 nitrogen and oxygen atoms in total. The first-order valence-electron chi connectivity index (χ1n) is 13.8. The van der Waals surface area contributed by atoms with Crippen LogP contribution >= 0.6 is 24.0 Å². The predicted octanol–water partition coefficient (Wildman–Crippen LogP) is 8.04. The molecule has 1 saturated carbocycles. The summed E-state index contributed by atoms with van der Waals surface area (Å²) in [5.41, 5.74) is 2.08. The Bertz CT molecular complexity index is 1350. The summed E-state index contributed by atoms with van der Waals surface area (Å²) >= 11 is 6.42. The molecule has 234 valence electrons. The summed E-state index contributed by atoms with van der Waals surface area (Å²) in [6.07, 6.45) is 1.59. The minimum Gasteiger partial charge on any atom is -0.492 e. The van der Waals surface area contributed by atoms with Crippen molar-refractivity contribution in [2.75, 3.05) is 27.2 Å². The van der Waals surface area contributed by atoms with Crippen LogP contribution in [0.3, 0.4) is 0 Å².